The van der Waals surface area contributed by atoms with Crippen LogP contribution in [0.2, 0.25) is 0 Å². The second-order valence-electron chi connectivity index (χ2n) is 5.04. The molecule has 0 N–H and O–H groups in total. The van der Waals surface area contributed by atoms with Gasteiger partial charge in [0.1, 0.15) is 0 Å². The Morgan fingerprint density at radius 2 is 2.16 bits per heavy atom. The SMILES string of the molecule is CC(=O)C1CCCCN1c1ccc([N+](=O)[O-])c(C)c1. The van der Waals surface area contributed by atoms with Crippen LogP contribution in [-0.4, -0.2) is 23.3 Å². The first kappa shape index (κ1) is 13.5. The Labute approximate surface area is 112 Å². The minimum Gasteiger partial charge on any atom is -0.361 e. The van der Waals surface area contributed by atoms with Crippen LogP contribution in [-0.2, 0) is 4.79 Å². The molecule has 0 radical (unpaired) electrons. The predicted molar refractivity (Wildman–Crippen MR) is 73.5 cm³/mol. The van der Waals surface area contributed by atoms with Crippen molar-refractivity contribution in [3.05, 3.63) is 33.9 Å². The van der Waals surface area contributed by atoms with Crippen LogP contribution in [0.4, 0.5) is 11.4 Å². The van der Waals surface area contributed by atoms with Crippen molar-refractivity contribution in [3.8, 4) is 0 Å². The van der Waals surface area contributed by atoms with Crippen LogP contribution >= 0.6 is 0 Å². The molecule has 2 rings (SSSR count). The highest BCUT2D eigenvalue weighted by molar-refractivity contribution is 5.85. The number of nitrogens with zero attached hydrogens (tertiary/aromatic N) is 2. The molecule has 1 aromatic rings. The molecular weight excluding hydrogens is 244 g/mol. The van der Waals surface area contributed by atoms with Gasteiger partial charge in [0.2, 0.25) is 0 Å². The van der Waals surface area contributed by atoms with Gasteiger partial charge < -0.3 is 4.90 Å². The second-order valence-corrected chi connectivity index (χ2v) is 5.04. The van der Waals surface area contributed by atoms with Gasteiger partial charge in [-0.3, -0.25) is 14.9 Å². The Morgan fingerprint density at radius 1 is 1.42 bits per heavy atom. The van der Waals surface area contributed by atoms with E-state index < -0.39 is 0 Å². The lowest BCUT2D eigenvalue weighted by Gasteiger charge is -2.36. The maximum Gasteiger partial charge on any atom is 0.272 e. The van der Waals surface area contributed by atoms with Crippen molar-refractivity contribution in [1.82, 2.24) is 0 Å². The summed E-state index contributed by atoms with van der Waals surface area (Å²) in [5.74, 6) is 0.163. The van der Waals surface area contributed by atoms with E-state index in [0.717, 1.165) is 31.5 Å². The van der Waals surface area contributed by atoms with Crippen LogP contribution < -0.4 is 4.90 Å². The summed E-state index contributed by atoms with van der Waals surface area (Å²) in [5, 5.41) is 10.8. The Hall–Kier alpha value is -1.91. The van der Waals surface area contributed by atoms with Crippen molar-refractivity contribution in [2.75, 3.05) is 11.4 Å². The normalized spacial score (nSPS) is 19.3. The Morgan fingerprint density at radius 3 is 2.74 bits per heavy atom. The van der Waals surface area contributed by atoms with Crippen LogP contribution in [0.3, 0.4) is 0 Å². The minimum absolute atomic E-state index is 0.0883. The van der Waals surface area contributed by atoms with E-state index >= 15 is 0 Å². The number of aryl methyl sites for hydroxylation is 1. The highest BCUT2D eigenvalue weighted by atomic mass is 16.6. The van der Waals surface area contributed by atoms with Gasteiger partial charge in [-0.2, -0.15) is 0 Å². The van der Waals surface area contributed by atoms with Gasteiger partial charge in [-0.25, -0.2) is 0 Å². The van der Waals surface area contributed by atoms with Gasteiger partial charge in [-0.05, 0) is 45.2 Å². The number of carbonyl (C=O) groups excluding carboxylic acids is 1. The molecule has 5 nitrogen and oxygen atoms in total. The molecular formula is C14H18N2O3. The van der Waals surface area contributed by atoms with E-state index in [1.807, 2.05) is 0 Å². The molecule has 1 saturated heterocycles. The van der Waals surface area contributed by atoms with Gasteiger partial charge in [0, 0.05) is 23.9 Å². The monoisotopic (exact) mass is 262 g/mol. The van der Waals surface area contributed by atoms with E-state index in [-0.39, 0.29) is 22.4 Å². The maximum atomic E-state index is 11.7. The molecule has 102 valence electrons. The van der Waals surface area contributed by atoms with Crippen LogP contribution in [0.25, 0.3) is 0 Å². The summed E-state index contributed by atoms with van der Waals surface area (Å²) in [6.07, 6.45) is 2.98. The van der Waals surface area contributed by atoms with Crippen LogP contribution in [0, 0.1) is 17.0 Å². The fraction of sp³-hybridized carbons (Fsp3) is 0.500. The zero-order valence-corrected chi connectivity index (χ0v) is 11.3. The van der Waals surface area contributed by atoms with Gasteiger partial charge in [0.25, 0.3) is 5.69 Å². The average molecular weight is 262 g/mol. The molecule has 0 aromatic heterocycles. The molecule has 19 heavy (non-hydrogen) atoms. The predicted octanol–water partition coefficient (Wildman–Crippen LogP) is 2.85. The van der Waals surface area contributed by atoms with Crippen molar-refractivity contribution < 1.29 is 9.72 Å². The van der Waals surface area contributed by atoms with Crippen molar-refractivity contribution in [1.29, 1.82) is 0 Å². The van der Waals surface area contributed by atoms with E-state index in [1.165, 1.54) is 6.07 Å². The molecule has 5 heteroatoms. The zero-order valence-electron chi connectivity index (χ0n) is 11.3. The number of carbonyl (C=O) groups is 1. The average Bonchev–Trinajstić information content (AvgIpc) is 2.38. The number of anilines is 1. The van der Waals surface area contributed by atoms with Gasteiger partial charge in [0.05, 0.1) is 11.0 Å². The number of piperidine rings is 1. The van der Waals surface area contributed by atoms with E-state index in [9.17, 15) is 14.9 Å². The highest BCUT2D eigenvalue weighted by Gasteiger charge is 2.26. The summed E-state index contributed by atoms with van der Waals surface area (Å²) in [4.78, 5) is 24.2. The van der Waals surface area contributed by atoms with E-state index in [1.54, 1.807) is 26.0 Å². The van der Waals surface area contributed by atoms with Gasteiger partial charge in [-0.15, -0.1) is 0 Å². The Bertz CT molecular complexity index is 513. The van der Waals surface area contributed by atoms with Crippen molar-refractivity contribution in [3.63, 3.8) is 0 Å². The van der Waals surface area contributed by atoms with E-state index in [2.05, 4.69) is 4.90 Å². The summed E-state index contributed by atoms with van der Waals surface area (Å²) >= 11 is 0. The number of nitro groups is 1. The van der Waals surface area contributed by atoms with Crippen LogP contribution in [0.15, 0.2) is 18.2 Å². The topological polar surface area (TPSA) is 63.5 Å². The molecule has 1 aliphatic rings. The number of ketones is 1. The Kier molecular flexibility index (Phi) is 3.83. The number of benzene rings is 1. The highest BCUT2D eigenvalue weighted by Crippen LogP contribution is 2.29. The maximum absolute atomic E-state index is 11.7. The summed E-state index contributed by atoms with van der Waals surface area (Å²) in [6.45, 7) is 4.18. The molecule has 1 aromatic carbocycles. The summed E-state index contributed by atoms with van der Waals surface area (Å²) < 4.78 is 0. The van der Waals surface area contributed by atoms with Gasteiger partial charge in [0.15, 0.2) is 5.78 Å². The van der Waals surface area contributed by atoms with Crippen molar-refractivity contribution in [2.45, 2.75) is 39.2 Å². The second kappa shape index (κ2) is 5.38. The lowest BCUT2D eigenvalue weighted by atomic mass is 9.98. The van der Waals surface area contributed by atoms with E-state index in [4.69, 9.17) is 0 Å². The molecule has 1 aliphatic heterocycles. The number of rotatable bonds is 3. The number of nitro benzene ring substituents is 1. The third-order valence-corrected chi connectivity index (χ3v) is 3.68. The van der Waals surface area contributed by atoms with Crippen molar-refractivity contribution >= 4 is 17.2 Å². The quantitative estimate of drug-likeness (QED) is 0.620. The molecule has 0 spiro atoms. The van der Waals surface area contributed by atoms with Crippen LogP contribution in [0.5, 0.6) is 0 Å². The molecule has 0 amide bonds. The molecule has 1 atom stereocenters. The lowest BCUT2D eigenvalue weighted by molar-refractivity contribution is -0.385. The minimum atomic E-state index is -0.377. The number of Topliss-reactive ketones (excluding diaryl/α,β-unsaturated/α-hetero) is 1. The first-order chi connectivity index (χ1) is 9.00. The molecule has 1 heterocycles. The fourth-order valence-electron chi connectivity index (χ4n) is 2.69. The van der Waals surface area contributed by atoms with Crippen LogP contribution in [0.1, 0.15) is 31.7 Å². The van der Waals surface area contributed by atoms with Gasteiger partial charge >= 0.3 is 0 Å². The lowest BCUT2D eigenvalue weighted by Crippen LogP contribution is -2.43. The number of hydrogen-bond donors (Lipinski definition) is 0. The third kappa shape index (κ3) is 2.75. The molecule has 0 bridgehead atoms. The summed E-state index contributed by atoms with van der Waals surface area (Å²) in [5.41, 5.74) is 1.67. The smallest absolute Gasteiger partial charge is 0.272 e. The largest absolute Gasteiger partial charge is 0.361 e. The molecule has 0 aliphatic carbocycles. The first-order valence-electron chi connectivity index (χ1n) is 6.53. The standard InChI is InChI=1S/C14H18N2O3/c1-10-9-12(6-7-13(10)16(18)19)15-8-4-3-5-14(15)11(2)17/h6-7,9,14H,3-5,8H2,1-2H3. The van der Waals surface area contributed by atoms with Gasteiger partial charge in [-0.1, -0.05) is 0 Å². The first-order valence-corrected chi connectivity index (χ1v) is 6.53. The summed E-state index contributed by atoms with van der Waals surface area (Å²) in [6, 6.07) is 4.98. The van der Waals surface area contributed by atoms with E-state index in [0.29, 0.717) is 5.56 Å². The fourth-order valence-corrected chi connectivity index (χ4v) is 2.69. The van der Waals surface area contributed by atoms with Crippen molar-refractivity contribution in [2.24, 2.45) is 0 Å². The molecule has 1 fully saturated rings. The zero-order chi connectivity index (χ0) is 14.0. The molecule has 0 saturated carbocycles. The number of hydrogen-bond acceptors (Lipinski definition) is 4. The third-order valence-electron chi connectivity index (χ3n) is 3.68. The Balaban J connectivity index is 2.32. The summed E-state index contributed by atoms with van der Waals surface area (Å²) in [7, 11) is 0. The molecule has 1 unspecified atom stereocenters.